The van der Waals surface area contributed by atoms with E-state index in [-0.39, 0.29) is 17.5 Å². The van der Waals surface area contributed by atoms with E-state index in [0.717, 1.165) is 12.0 Å². The molecule has 4 nitrogen and oxygen atoms in total. The lowest BCUT2D eigenvalue weighted by Gasteiger charge is -2.11. The summed E-state index contributed by atoms with van der Waals surface area (Å²) in [6.07, 6.45) is 0.812. The number of hydrogen-bond donors (Lipinski definition) is 2. The summed E-state index contributed by atoms with van der Waals surface area (Å²) in [5, 5.41) is 3.41. The Labute approximate surface area is 128 Å². The molecule has 0 aliphatic carbocycles. The zero-order valence-electron chi connectivity index (χ0n) is 11.9. The van der Waals surface area contributed by atoms with E-state index in [1.165, 1.54) is 0 Å². The summed E-state index contributed by atoms with van der Waals surface area (Å²) in [6, 6.07) is 10.4. The molecule has 2 N–H and O–H groups in total. The van der Waals surface area contributed by atoms with Crippen LogP contribution in [0.4, 0.5) is 0 Å². The van der Waals surface area contributed by atoms with E-state index < -0.39 is 5.56 Å². The first-order valence-electron chi connectivity index (χ1n) is 6.81. The maximum Gasteiger partial charge on any atom is 0.261 e. The van der Waals surface area contributed by atoms with E-state index in [1.54, 1.807) is 24.3 Å². The van der Waals surface area contributed by atoms with Crippen LogP contribution >= 0.6 is 11.6 Å². The minimum absolute atomic E-state index is 0.0350. The number of hydrogen-bond acceptors (Lipinski definition) is 2. The minimum Gasteiger partial charge on any atom is -0.349 e. The second-order valence-corrected chi connectivity index (χ2v) is 5.34. The first-order chi connectivity index (χ1) is 10.0. The molecule has 5 heteroatoms. The molecule has 2 rings (SSSR count). The summed E-state index contributed by atoms with van der Waals surface area (Å²) in [4.78, 5) is 26.8. The van der Waals surface area contributed by atoms with Gasteiger partial charge in [0.1, 0.15) is 5.56 Å². The van der Waals surface area contributed by atoms with Gasteiger partial charge in [-0.05, 0) is 43.2 Å². The van der Waals surface area contributed by atoms with Crippen molar-refractivity contribution in [2.45, 2.75) is 26.3 Å². The molecule has 2 aromatic rings. The van der Waals surface area contributed by atoms with E-state index >= 15 is 0 Å². The standard InChI is InChI=1S/C16H17ClN2O2/c1-3-10(2)18-15(20)13-8-9-14(19-16(13)21)11-4-6-12(17)7-5-11/h4-10H,3H2,1-2H3,(H,18,20)(H,19,21)/t10-/m0/s1. The average molecular weight is 305 g/mol. The summed E-state index contributed by atoms with van der Waals surface area (Å²) in [7, 11) is 0. The van der Waals surface area contributed by atoms with Gasteiger partial charge >= 0.3 is 0 Å². The fraction of sp³-hybridized carbons (Fsp3) is 0.250. The second-order valence-electron chi connectivity index (χ2n) is 4.90. The van der Waals surface area contributed by atoms with Gasteiger partial charge in [-0.3, -0.25) is 9.59 Å². The molecule has 1 atom stereocenters. The Morgan fingerprint density at radius 1 is 1.24 bits per heavy atom. The Kier molecular flexibility index (Phi) is 4.81. The maximum atomic E-state index is 12.0. The van der Waals surface area contributed by atoms with E-state index in [4.69, 9.17) is 11.6 Å². The van der Waals surface area contributed by atoms with Gasteiger partial charge in [-0.2, -0.15) is 0 Å². The SMILES string of the molecule is CC[C@H](C)NC(=O)c1ccc(-c2ccc(Cl)cc2)[nH]c1=O. The number of amides is 1. The molecule has 0 saturated carbocycles. The molecule has 0 radical (unpaired) electrons. The third-order valence-corrected chi connectivity index (χ3v) is 3.55. The van der Waals surface area contributed by atoms with Gasteiger partial charge in [-0.1, -0.05) is 30.7 Å². The van der Waals surface area contributed by atoms with Gasteiger partial charge in [0.25, 0.3) is 11.5 Å². The number of carbonyl (C=O) groups is 1. The van der Waals surface area contributed by atoms with Gasteiger partial charge in [0.2, 0.25) is 0 Å². The van der Waals surface area contributed by atoms with Crippen LogP contribution in [0, 0.1) is 0 Å². The number of rotatable bonds is 4. The zero-order chi connectivity index (χ0) is 15.4. The van der Waals surface area contributed by atoms with Crippen molar-refractivity contribution in [3.63, 3.8) is 0 Å². The smallest absolute Gasteiger partial charge is 0.261 e. The fourth-order valence-corrected chi connectivity index (χ4v) is 1.98. The van der Waals surface area contributed by atoms with Crippen molar-refractivity contribution >= 4 is 17.5 Å². The minimum atomic E-state index is -0.400. The molecule has 0 saturated heterocycles. The molecule has 110 valence electrons. The Hall–Kier alpha value is -2.07. The third kappa shape index (κ3) is 3.73. The number of benzene rings is 1. The van der Waals surface area contributed by atoms with E-state index in [9.17, 15) is 9.59 Å². The van der Waals surface area contributed by atoms with E-state index in [1.807, 2.05) is 26.0 Å². The Morgan fingerprint density at radius 2 is 1.90 bits per heavy atom. The van der Waals surface area contributed by atoms with Crippen molar-refractivity contribution in [3.8, 4) is 11.3 Å². The van der Waals surface area contributed by atoms with Gasteiger partial charge in [0.15, 0.2) is 0 Å². The van der Waals surface area contributed by atoms with Crippen LogP contribution in [0.15, 0.2) is 41.2 Å². The van der Waals surface area contributed by atoms with Crippen LogP contribution < -0.4 is 10.9 Å². The van der Waals surface area contributed by atoms with Crippen molar-refractivity contribution in [1.82, 2.24) is 10.3 Å². The van der Waals surface area contributed by atoms with Gasteiger partial charge in [0.05, 0.1) is 0 Å². The lowest BCUT2D eigenvalue weighted by atomic mass is 10.1. The highest BCUT2D eigenvalue weighted by Gasteiger charge is 2.13. The van der Waals surface area contributed by atoms with Crippen molar-refractivity contribution in [2.75, 3.05) is 0 Å². The Bertz CT molecular complexity index is 692. The van der Waals surface area contributed by atoms with Gasteiger partial charge in [-0.25, -0.2) is 0 Å². The molecule has 0 spiro atoms. The molecule has 1 heterocycles. The van der Waals surface area contributed by atoms with Crippen molar-refractivity contribution in [2.24, 2.45) is 0 Å². The molecule has 0 unspecified atom stereocenters. The summed E-state index contributed by atoms with van der Waals surface area (Å²) in [6.45, 7) is 3.87. The van der Waals surface area contributed by atoms with Crippen LogP contribution in [-0.2, 0) is 0 Å². The number of H-pyrrole nitrogens is 1. The van der Waals surface area contributed by atoms with Crippen LogP contribution in [0.1, 0.15) is 30.6 Å². The molecule has 0 aliphatic rings. The highest BCUT2D eigenvalue weighted by molar-refractivity contribution is 6.30. The number of aromatic nitrogens is 1. The molecular formula is C16H17ClN2O2. The second kappa shape index (κ2) is 6.59. The largest absolute Gasteiger partial charge is 0.349 e. The van der Waals surface area contributed by atoms with Gasteiger partial charge < -0.3 is 10.3 Å². The van der Waals surface area contributed by atoms with Gasteiger partial charge in [-0.15, -0.1) is 0 Å². The number of aromatic amines is 1. The van der Waals surface area contributed by atoms with Crippen molar-refractivity contribution in [3.05, 3.63) is 57.3 Å². The normalized spacial score (nSPS) is 12.0. The molecule has 0 fully saturated rings. The molecule has 0 bridgehead atoms. The lowest BCUT2D eigenvalue weighted by molar-refractivity contribution is 0.0938. The highest BCUT2D eigenvalue weighted by Crippen LogP contribution is 2.18. The van der Waals surface area contributed by atoms with Gasteiger partial charge in [0, 0.05) is 16.8 Å². The van der Waals surface area contributed by atoms with Crippen LogP contribution in [0.25, 0.3) is 11.3 Å². The average Bonchev–Trinajstić information content (AvgIpc) is 2.47. The summed E-state index contributed by atoms with van der Waals surface area (Å²) < 4.78 is 0. The predicted octanol–water partition coefficient (Wildman–Crippen LogP) is 3.22. The Balaban J connectivity index is 2.27. The fourth-order valence-electron chi connectivity index (χ4n) is 1.85. The van der Waals surface area contributed by atoms with Crippen molar-refractivity contribution in [1.29, 1.82) is 0 Å². The summed E-state index contributed by atoms with van der Waals surface area (Å²) in [5.41, 5.74) is 1.21. The number of nitrogens with one attached hydrogen (secondary N) is 2. The first-order valence-corrected chi connectivity index (χ1v) is 7.19. The third-order valence-electron chi connectivity index (χ3n) is 3.30. The molecule has 1 aromatic heterocycles. The van der Waals surface area contributed by atoms with Crippen LogP contribution in [-0.4, -0.2) is 16.9 Å². The van der Waals surface area contributed by atoms with E-state index in [0.29, 0.717) is 10.7 Å². The summed E-state index contributed by atoms with van der Waals surface area (Å²) >= 11 is 5.83. The molecule has 1 aromatic carbocycles. The molecule has 21 heavy (non-hydrogen) atoms. The first kappa shape index (κ1) is 15.3. The van der Waals surface area contributed by atoms with Crippen LogP contribution in [0.2, 0.25) is 5.02 Å². The molecule has 0 aliphatic heterocycles. The Morgan fingerprint density at radius 3 is 2.48 bits per heavy atom. The topological polar surface area (TPSA) is 62.0 Å². The van der Waals surface area contributed by atoms with E-state index in [2.05, 4.69) is 10.3 Å². The molecule has 1 amide bonds. The van der Waals surface area contributed by atoms with Crippen molar-refractivity contribution < 1.29 is 4.79 Å². The quantitative estimate of drug-likeness (QED) is 0.911. The molecular weight excluding hydrogens is 288 g/mol. The lowest BCUT2D eigenvalue weighted by Crippen LogP contribution is -2.35. The maximum absolute atomic E-state index is 12.0. The number of carbonyl (C=O) groups excluding carboxylic acids is 1. The highest BCUT2D eigenvalue weighted by atomic mass is 35.5. The number of halogens is 1. The monoisotopic (exact) mass is 304 g/mol. The predicted molar refractivity (Wildman–Crippen MR) is 84.7 cm³/mol. The van der Waals surface area contributed by atoms with Crippen LogP contribution in [0.5, 0.6) is 0 Å². The van der Waals surface area contributed by atoms with Crippen LogP contribution in [0.3, 0.4) is 0 Å². The summed E-state index contributed by atoms with van der Waals surface area (Å²) in [5.74, 6) is -0.353. The number of pyridine rings is 1. The zero-order valence-corrected chi connectivity index (χ0v) is 12.7.